The van der Waals surface area contributed by atoms with Crippen LogP contribution in [0.5, 0.6) is 0 Å². The van der Waals surface area contributed by atoms with Crippen LogP contribution < -0.4 is 5.32 Å². The molecule has 1 heterocycles. The maximum atomic E-state index is 12.1. The number of urea groups is 1. The number of carboxylic acid groups (broad SMARTS) is 1. The number of nitrogens with one attached hydrogen (secondary N) is 1. The van der Waals surface area contributed by atoms with E-state index >= 15 is 0 Å². The molecule has 0 aliphatic carbocycles. The predicted octanol–water partition coefficient (Wildman–Crippen LogP) is 0.0691. The van der Waals surface area contributed by atoms with Crippen molar-refractivity contribution < 1.29 is 29.0 Å². The lowest BCUT2D eigenvalue weighted by Gasteiger charge is -2.32. The Morgan fingerprint density at radius 1 is 1.43 bits per heavy atom. The number of hydrogen-bond donors (Lipinski definition) is 2. The highest BCUT2D eigenvalue weighted by Gasteiger charge is 2.31. The number of methoxy groups -OCH3 is 1. The fraction of sp³-hybridized carbons (Fsp3) is 0.769. The molecule has 1 rings (SSSR count). The van der Waals surface area contributed by atoms with Crippen molar-refractivity contribution in [1.82, 2.24) is 10.2 Å². The quantitative estimate of drug-likeness (QED) is 0.696. The molecular weight excluding hydrogens is 280 g/mol. The molecule has 8 nitrogen and oxygen atoms in total. The van der Waals surface area contributed by atoms with Crippen molar-refractivity contribution >= 4 is 18.0 Å². The molecule has 1 aliphatic heterocycles. The Labute approximate surface area is 123 Å². The van der Waals surface area contributed by atoms with Gasteiger partial charge in [0, 0.05) is 6.54 Å². The number of aliphatic carboxylic acids is 1. The van der Waals surface area contributed by atoms with E-state index in [1.165, 1.54) is 12.0 Å². The van der Waals surface area contributed by atoms with Gasteiger partial charge in [0.1, 0.15) is 6.04 Å². The molecule has 2 N–H and O–H groups in total. The Kier molecular flexibility index (Phi) is 6.41. The lowest BCUT2D eigenvalue weighted by atomic mass is 10.0. The summed E-state index contributed by atoms with van der Waals surface area (Å²) in [4.78, 5) is 36.0. The van der Waals surface area contributed by atoms with Gasteiger partial charge >= 0.3 is 18.0 Å². The third kappa shape index (κ3) is 5.22. The van der Waals surface area contributed by atoms with Crippen LogP contribution in [-0.4, -0.2) is 66.9 Å². The van der Waals surface area contributed by atoms with E-state index in [1.54, 1.807) is 0 Å². The summed E-state index contributed by atoms with van der Waals surface area (Å²) >= 11 is 0. The normalized spacial score (nSPS) is 20.0. The van der Waals surface area contributed by atoms with Crippen LogP contribution >= 0.6 is 0 Å². The Balaban J connectivity index is 2.60. The van der Waals surface area contributed by atoms with Crippen molar-refractivity contribution in [2.24, 2.45) is 5.92 Å². The van der Waals surface area contributed by atoms with Crippen molar-refractivity contribution in [3.8, 4) is 0 Å². The number of rotatable bonds is 5. The number of nitrogens with zero attached hydrogens (tertiary/aromatic N) is 1. The lowest BCUT2D eigenvalue weighted by molar-refractivity contribution is -0.158. The van der Waals surface area contributed by atoms with Gasteiger partial charge in [0.25, 0.3) is 0 Å². The number of carbonyl (C=O) groups is 3. The van der Waals surface area contributed by atoms with Crippen LogP contribution in [0.4, 0.5) is 4.79 Å². The number of amides is 2. The second-order valence-electron chi connectivity index (χ2n) is 5.30. The molecule has 120 valence electrons. The number of hydrogen-bond acceptors (Lipinski definition) is 5. The molecule has 2 amide bonds. The highest BCUT2D eigenvalue weighted by molar-refractivity contribution is 5.83. The Morgan fingerprint density at radius 2 is 2.10 bits per heavy atom. The molecule has 0 saturated carbocycles. The van der Waals surface area contributed by atoms with E-state index < -0.39 is 30.1 Å². The maximum Gasteiger partial charge on any atom is 0.336 e. The summed E-state index contributed by atoms with van der Waals surface area (Å²) in [7, 11) is 1.24. The average Bonchev–Trinajstić information content (AvgIpc) is 2.45. The first-order valence-corrected chi connectivity index (χ1v) is 6.82. The van der Waals surface area contributed by atoms with Crippen molar-refractivity contribution in [3.05, 3.63) is 0 Å². The SMILES string of the molecule is COC(=O)C1CN(C(=O)NC(CC(C)C)C(=O)O)CCO1. The third-order valence-corrected chi connectivity index (χ3v) is 3.12. The fourth-order valence-electron chi connectivity index (χ4n) is 2.04. The summed E-state index contributed by atoms with van der Waals surface area (Å²) in [6.45, 7) is 4.31. The van der Waals surface area contributed by atoms with Crippen LogP contribution in [0, 0.1) is 5.92 Å². The highest BCUT2D eigenvalue weighted by Crippen LogP contribution is 2.09. The van der Waals surface area contributed by atoms with Gasteiger partial charge in [-0.1, -0.05) is 13.8 Å². The van der Waals surface area contributed by atoms with Crippen LogP contribution in [0.1, 0.15) is 20.3 Å². The number of ether oxygens (including phenoxy) is 2. The molecule has 0 aromatic carbocycles. The second kappa shape index (κ2) is 7.82. The van der Waals surface area contributed by atoms with Crippen LogP contribution in [-0.2, 0) is 19.1 Å². The van der Waals surface area contributed by atoms with Gasteiger partial charge in [-0.05, 0) is 12.3 Å². The van der Waals surface area contributed by atoms with Crippen LogP contribution in [0.25, 0.3) is 0 Å². The average molecular weight is 302 g/mol. The molecule has 21 heavy (non-hydrogen) atoms. The van der Waals surface area contributed by atoms with Gasteiger partial charge in [-0.15, -0.1) is 0 Å². The Bertz CT molecular complexity index is 398. The van der Waals surface area contributed by atoms with Gasteiger partial charge in [0.15, 0.2) is 6.10 Å². The summed E-state index contributed by atoms with van der Waals surface area (Å²) in [5.41, 5.74) is 0. The van der Waals surface area contributed by atoms with Crippen LogP contribution in [0.3, 0.4) is 0 Å². The molecule has 1 aliphatic rings. The topological polar surface area (TPSA) is 105 Å². The molecule has 0 aromatic rings. The third-order valence-electron chi connectivity index (χ3n) is 3.12. The van der Waals surface area contributed by atoms with E-state index in [-0.39, 0.29) is 19.1 Å². The molecule has 0 bridgehead atoms. The highest BCUT2D eigenvalue weighted by atomic mass is 16.6. The van der Waals surface area contributed by atoms with Gasteiger partial charge in [-0.25, -0.2) is 14.4 Å². The number of carboxylic acids is 1. The zero-order chi connectivity index (χ0) is 16.0. The minimum atomic E-state index is -1.07. The first-order chi connectivity index (χ1) is 9.85. The van der Waals surface area contributed by atoms with Gasteiger partial charge in [0.2, 0.25) is 0 Å². The van der Waals surface area contributed by atoms with E-state index in [0.717, 1.165) is 0 Å². The fourth-order valence-corrected chi connectivity index (χ4v) is 2.04. The second-order valence-corrected chi connectivity index (χ2v) is 5.30. The molecule has 1 saturated heterocycles. The minimum Gasteiger partial charge on any atom is -0.480 e. The van der Waals surface area contributed by atoms with Gasteiger partial charge in [-0.2, -0.15) is 0 Å². The molecule has 0 radical (unpaired) electrons. The maximum absolute atomic E-state index is 12.1. The Hall–Kier alpha value is -1.83. The van der Waals surface area contributed by atoms with Crippen molar-refractivity contribution in [3.63, 3.8) is 0 Å². The van der Waals surface area contributed by atoms with Crippen LogP contribution in [0.2, 0.25) is 0 Å². The largest absolute Gasteiger partial charge is 0.480 e. The predicted molar refractivity (Wildman–Crippen MR) is 72.7 cm³/mol. The van der Waals surface area contributed by atoms with Crippen molar-refractivity contribution in [2.75, 3.05) is 26.8 Å². The molecular formula is C13H22N2O6. The smallest absolute Gasteiger partial charge is 0.336 e. The van der Waals surface area contributed by atoms with E-state index in [4.69, 9.17) is 9.84 Å². The van der Waals surface area contributed by atoms with E-state index in [1.807, 2.05) is 13.8 Å². The molecule has 2 atom stereocenters. The number of morpholine rings is 1. The molecule has 0 spiro atoms. The van der Waals surface area contributed by atoms with Crippen molar-refractivity contribution in [1.29, 1.82) is 0 Å². The van der Waals surface area contributed by atoms with E-state index in [9.17, 15) is 14.4 Å². The molecule has 8 heteroatoms. The Morgan fingerprint density at radius 3 is 2.62 bits per heavy atom. The molecule has 2 unspecified atom stereocenters. The van der Waals surface area contributed by atoms with E-state index in [0.29, 0.717) is 13.0 Å². The van der Waals surface area contributed by atoms with E-state index in [2.05, 4.69) is 10.1 Å². The van der Waals surface area contributed by atoms with Gasteiger partial charge in [-0.3, -0.25) is 0 Å². The summed E-state index contributed by atoms with van der Waals surface area (Å²) in [6.07, 6.45) is -0.492. The standard InChI is InChI=1S/C13H22N2O6/c1-8(2)6-9(11(16)17)14-13(19)15-4-5-21-10(7-15)12(18)20-3/h8-10H,4-7H2,1-3H3,(H,14,19)(H,16,17). The number of carbonyl (C=O) groups excluding carboxylic acids is 2. The zero-order valence-corrected chi connectivity index (χ0v) is 12.5. The summed E-state index contributed by atoms with van der Waals surface area (Å²) in [5.74, 6) is -1.49. The monoisotopic (exact) mass is 302 g/mol. The molecule has 0 aromatic heterocycles. The first-order valence-electron chi connectivity index (χ1n) is 6.82. The summed E-state index contributed by atoms with van der Waals surface area (Å²) < 4.78 is 9.79. The van der Waals surface area contributed by atoms with Gasteiger partial charge < -0.3 is 24.8 Å². The van der Waals surface area contributed by atoms with Gasteiger partial charge in [0.05, 0.1) is 20.3 Å². The minimum absolute atomic E-state index is 0.0481. The summed E-state index contributed by atoms with van der Waals surface area (Å²) in [5, 5.41) is 11.6. The molecule has 1 fully saturated rings. The first kappa shape index (κ1) is 17.2. The summed E-state index contributed by atoms with van der Waals surface area (Å²) in [6, 6.07) is -1.46. The van der Waals surface area contributed by atoms with Crippen LogP contribution in [0.15, 0.2) is 0 Å². The number of esters is 1. The zero-order valence-electron chi connectivity index (χ0n) is 12.5. The lowest BCUT2D eigenvalue weighted by Crippen LogP contribution is -2.55. The van der Waals surface area contributed by atoms with Crippen molar-refractivity contribution in [2.45, 2.75) is 32.4 Å².